The van der Waals surface area contributed by atoms with Crippen molar-refractivity contribution < 1.29 is 4.42 Å². The molecule has 0 fully saturated rings. The van der Waals surface area contributed by atoms with Crippen LogP contribution < -0.4 is 0 Å². The van der Waals surface area contributed by atoms with Crippen LogP contribution in [0.5, 0.6) is 0 Å². The fourth-order valence-electron chi connectivity index (χ4n) is 9.39. The fraction of sp³-hybridized carbons (Fsp3) is 0. The Labute approximate surface area is 365 Å². The third-order valence-electron chi connectivity index (χ3n) is 12.3. The Balaban J connectivity index is 0.967. The van der Waals surface area contributed by atoms with E-state index >= 15 is 0 Å². The summed E-state index contributed by atoms with van der Waals surface area (Å²) in [5, 5.41) is 7.01. The van der Waals surface area contributed by atoms with E-state index in [0.717, 1.165) is 61.0 Å². The topological polar surface area (TPSA) is 56.7 Å². The van der Waals surface area contributed by atoms with Gasteiger partial charge in [-0.25, -0.2) is 15.0 Å². The normalized spacial score (nSPS) is 11.8. The lowest BCUT2D eigenvalue weighted by atomic mass is 9.97. The first-order valence-corrected chi connectivity index (χ1v) is 21.9. The summed E-state index contributed by atoms with van der Waals surface area (Å²) in [6.45, 7) is 0. The van der Waals surface area contributed by atoms with Crippen LogP contribution in [0.1, 0.15) is 0 Å². The van der Waals surface area contributed by atoms with Crippen LogP contribution in [0.4, 0.5) is 0 Å². The minimum absolute atomic E-state index is 0.590. The van der Waals surface area contributed by atoms with E-state index in [-0.39, 0.29) is 0 Å². The number of rotatable bonds is 6. The average Bonchev–Trinajstić information content (AvgIpc) is 4.03. The zero-order valence-electron chi connectivity index (χ0n) is 33.7. The first-order valence-electron chi connectivity index (χ1n) is 21.1. The van der Waals surface area contributed by atoms with Crippen LogP contribution in [-0.4, -0.2) is 19.5 Å². The molecule has 6 heteroatoms. The van der Waals surface area contributed by atoms with Gasteiger partial charge in [0, 0.05) is 64.1 Å². The summed E-state index contributed by atoms with van der Waals surface area (Å²) in [5.74, 6) is 1.82. The Hall–Kier alpha value is -8.19. The maximum atomic E-state index is 6.58. The van der Waals surface area contributed by atoms with Crippen molar-refractivity contribution in [1.29, 1.82) is 0 Å². The molecule has 13 aromatic rings. The van der Waals surface area contributed by atoms with Crippen LogP contribution in [0.2, 0.25) is 0 Å². The summed E-state index contributed by atoms with van der Waals surface area (Å²) >= 11 is 1.84. The molecule has 294 valence electrons. The number of fused-ring (bicyclic) bond motifs is 9. The molecule has 9 aromatic carbocycles. The maximum absolute atomic E-state index is 6.58. The molecule has 0 saturated carbocycles. The Morgan fingerprint density at radius 2 is 0.984 bits per heavy atom. The van der Waals surface area contributed by atoms with Crippen molar-refractivity contribution in [3.63, 3.8) is 0 Å². The minimum atomic E-state index is 0.590. The Morgan fingerprint density at radius 3 is 1.78 bits per heavy atom. The van der Waals surface area contributed by atoms with Gasteiger partial charge in [-0.05, 0) is 76.9 Å². The van der Waals surface area contributed by atoms with Gasteiger partial charge in [-0.15, -0.1) is 11.3 Å². The van der Waals surface area contributed by atoms with Gasteiger partial charge >= 0.3 is 0 Å². The largest absolute Gasteiger partial charge is 0.456 e. The van der Waals surface area contributed by atoms with Crippen molar-refractivity contribution in [3.05, 3.63) is 206 Å². The molecule has 4 heterocycles. The zero-order chi connectivity index (χ0) is 41.4. The van der Waals surface area contributed by atoms with Crippen molar-refractivity contribution in [2.24, 2.45) is 0 Å². The highest BCUT2D eigenvalue weighted by molar-refractivity contribution is 7.26. The van der Waals surface area contributed by atoms with Gasteiger partial charge in [0.15, 0.2) is 17.5 Å². The van der Waals surface area contributed by atoms with Gasteiger partial charge in [0.2, 0.25) is 0 Å². The Kier molecular flexibility index (Phi) is 8.01. The highest BCUT2D eigenvalue weighted by Crippen LogP contribution is 2.44. The molecular formula is C57H34N4OS. The maximum Gasteiger partial charge on any atom is 0.164 e. The van der Waals surface area contributed by atoms with Gasteiger partial charge in [-0.1, -0.05) is 152 Å². The van der Waals surface area contributed by atoms with E-state index in [9.17, 15) is 0 Å². The summed E-state index contributed by atoms with van der Waals surface area (Å²) in [6.07, 6.45) is 0. The monoisotopic (exact) mass is 822 g/mol. The molecule has 0 amide bonds. The lowest BCUT2D eigenvalue weighted by Crippen LogP contribution is -2.00. The molecule has 0 unspecified atom stereocenters. The van der Waals surface area contributed by atoms with Crippen LogP contribution in [-0.2, 0) is 0 Å². The smallest absolute Gasteiger partial charge is 0.164 e. The predicted octanol–water partition coefficient (Wildman–Crippen LogP) is 15.6. The van der Waals surface area contributed by atoms with E-state index in [1.54, 1.807) is 0 Å². The van der Waals surface area contributed by atoms with E-state index in [4.69, 9.17) is 19.4 Å². The second-order valence-corrected chi connectivity index (χ2v) is 17.0. The van der Waals surface area contributed by atoms with Crippen LogP contribution in [0.15, 0.2) is 211 Å². The van der Waals surface area contributed by atoms with Gasteiger partial charge in [0.05, 0.1) is 11.0 Å². The molecule has 0 N–H and O–H groups in total. The van der Waals surface area contributed by atoms with Crippen molar-refractivity contribution in [2.75, 3.05) is 0 Å². The van der Waals surface area contributed by atoms with Gasteiger partial charge in [-0.2, -0.15) is 0 Å². The molecule has 13 rings (SSSR count). The number of hydrogen-bond donors (Lipinski definition) is 0. The SMILES string of the molecule is c1ccc(-c2cccc(-c3nc(-c4ccccc4)nc(-c4cccc5oc6ccc(-c7cccc8sc9cc(-n%10c%11ccccc%11c%11ccccc%11%10)ccc9c78)cc6c45)n3)c2)cc1. The van der Waals surface area contributed by atoms with E-state index in [1.165, 1.54) is 47.5 Å². The highest BCUT2D eigenvalue weighted by atomic mass is 32.1. The molecule has 0 spiro atoms. The standard InChI is InChI=1S/C57H34N4OS/c1-3-14-35(15-4-1)37-18-11-19-39(32-37)56-58-55(36-16-5-2-6-17-36)59-57(60-56)45-23-12-26-50-53(45)46-33-38(28-31-49(46)62-50)41-22-13-27-51-54(41)44-30-29-40(34-52(44)63-51)61-47-24-9-7-20-42(47)43-21-8-10-25-48(43)61/h1-34H. The molecule has 0 aliphatic rings. The first kappa shape index (κ1) is 35.6. The Morgan fingerprint density at radius 1 is 0.349 bits per heavy atom. The second kappa shape index (κ2) is 14.2. The van der Waals surface area contributed by atoms with Crippen LogP contribution in [0, 0.1) is 0 Å². The molecule has 0 aliphatic carbocycles. The summed E-state index contributed by atoms with van der Waals surface area (Å²) in [6, 6.07) is 72.6. The molecule has 5 nitrogen and oxygen atoms in total. The zero-order valence-corrected chi connectivity index (χ0v) is 34.6. The van der Waals surface area contributed by atoms with Crippen molar-refractivity contribution >= 4 is 75.3 Å². The summed E-state index contributed by atoms with van der Waals surface area (Å²) in [4.78, 5) is 15.4. The van der Waals surface area contributed by atoms with Crippen LogP contribution in [0.25, 0.3) is 126 Å². The molecule has 0 bridgehead atoms. The van der Waals surface area contributed by atoms with Gasteiger partial charge < -0.3 is 8.98 Å². The van der Waals surface area contributed by atoms with Crippen LogP contribution in [0.3, 0.4) is 0 Å². The van der Waals surface area contributed by atoms with Crippen molar-refractivity contribution in [2.45, 2.75) is 0 Å². The fourth-order valence-corrected chi connectivity index (χ4v) is 10.6. The highest BCUT2D eigenvalue weighted by Gasteiger charge is 2.20. The lowest BCUT2D eigenvalue weighted by molar-refractivity contribution is 0.669. The van der Waals surface area contributed by atoms with E-state index in [0.29, 0.717) is 17.5 Å². The second-order valence-electron chi connectivity index (χ2n) is 15.9. The van der Waals surface area contributed by atoms with E-state index < -0.39 is 0 Å². The number of aromatic nitrogens is 4. The lowest BCUT2D eigenvalue weighted by Gasteiger charge is -2.10. The van der Waals surface area contributed by atoms with E-state index in [1.807, 2.05) is 59.9 Å². The molecule has 0 atom stereocenters. The number of para-hydroxylation sites is 2. The number of benzene rings is 9. The number of furan rings is 1. The van der Waals surface area contributed by atoms with Crippen LogP contribution >= 0.6 is 11.3 Å². The quantitative estimate of drug-likeness (QED) is 0.168. The molecular weight excluding hydrogens is 789 g/mol. The third-order valence-corrected chi connectivity index (χ3v) is 13.4. The molecule has 0 radical (unpaired) electrons. The molecule has 0 saturated heterocycles. The number of thiophene rings is 1. The average molecular weight is 823 g/mol. The molecule has 4 aromatic heterocycles. The summed E-state index contributed by atoms with van der Waals surface area (Å²) in [7, 11) is 0. The predicted molar refractivity (Wildman–Crippen MR) is 262 cm³/mol. The van der Waals surface area contributed by atoms with E-state index in [2.05, 4.69) is 162 Å². The van der Waals surface area contributed by atoms with Crippen molar-refractivity contribution in [3.8, 4) is 62.1 Å². The first-order chi connectivity index (χ1) is 31.2. The molecule has 63 heavy (non-hydrogen) atoms. The number of nitrogens with zero attached hydrogens (tertiary/aromatic N) is 4. The van der Waals surface area contributed by atoms with Gasteiger partial charge in [0.25, 0.3) is 0 Å². The van der Waals surface area contributed by atoms with Gasteiger partial charge in [0.1, 0.15) is 11.2 Å². The van der Waals surface area contributed by atoms with Gasteiger partial charge in [-0.3, -0.25) is 0 Å². The summed E-state index contributed by atoms with van der Waals surface area (Å²) < 4.78 is 11.5. The number of hydrogen-bond acceptors (Lipinski definition) is 5. The minimum Gasteiger partial charge on any atom is -0.456 e. The van der Waals surface area contributed by atoms with Crippen molar-refractivity contribution in [1.82, 2.24) is 19.5 Å². The Bertz CT molecular complexity index is 3870. The molecule has 0 aliphatic heterocycles. The summed E-state index contributed by atoms with van der Waals surface area (Å²) in [5.41, 5.74) is 12.4. The third kappa shape index (κ3) is 5.80.